The van der Waals surface area contributed by atoms with E-state index in [-0.39, 0.29) is 0 Å². The van der Waals surface area contributed by atoms with Gasteiger partial charge in [-0.25, -0.2) is 0 Å². The number of aliphatic hydroxyl groups is 1. The van der Waals surface area contributed by atoms with Gasteiger partial charge in [0.25, 0.3) is 0 Å². The largest absolute Gasteiger partial charge is 0.391 e. The minimum Gasteiger partial charge on any atom is -0.386 e. The molecule has 0 aromatic carbocycles. The van der Waals surface area contributed by atoms with E-state index < -0.39 is 31.1 Å². The molecule has 0 radical (unpaired) electrons. The van der Waals surface area contributed by atoms with Crippen LogP contribution in [-0.2, 0) is 9.47 Å². The Morgan fingerprint density at radius 2 is 1.95 bits per heavy atom. The van der Waals surface area contributed by atoms with Gasteiger partial charge < -0.3 is 14.6 Å². The van der Waals surface area contributed by atoms with Gasteiger partial charge in [-0.05, 0) is 12.5 Å². The highest BCUT2D eigenvalue weighted by Gasteiger charge is 2.37. The topological polar surface area (TPSA) is 38.7 Å². The van der Waals surface area contributed by atoms with Crippen LogP contribution in [0, 0.1) is 0 Å². The third-order valence-electron chi connectivity index (χ3n) is 2.87. The van der Waals surface area contributed by atoms with Gasteiger partial charge in [0, 0.05) is 0 Å². The zero-order valence-corrected chi connectivity index (χ0v) is 11.0. The third kappa shape index (κ3) is 6.94. The van der Waals surface area contributed by atoms with E-state index in [0.29, 0.717) is 6.61 Å². The van der Waals surface area contributed by atoms with Crippen LogP contribution in [0.2, 0.25) is 0 Å². The molecule has 3 nitrogen and oxygen atoms in total. The van der Waals surface area contributed by atoms with E-state index in [9.17, 15) is 18.3 Å². The first-order valence-electron chi connectivity index (χ1n) is 6.62. The highest BCUT2D eigenvalue weighted by molar-refractivity contribution is 5.00. The molecule has 0 saturated carbocycles. The maximum atomic E-state index is 12.3. The van der Waals surface area contributed by atoms with Crippen LogP contribution >= 0.6 is 0 Å². The van der Waals surface area contributed by atoms with E-state index in [0.717, 1.165) is 25.7 Å². The number of hydrogen-bond acceptors (Lipinski definition) is 3. The first-order valence-corrected chi connectivity index (χ1v) is 6.62. The van der Waals surface area contributed by atoms with Crippen LogP contribution in [0.5, 0.6) is 0 Å². The number of ether oxygens (including phenoxy) is 2. The monoisotopic (exact) mass is 282 g/mol. The van der Waals surface area contributed by atoms with E-state index in [1.54, 1.807) is 0 Å². The van der Waals surface area contributed by atoms with Gasteiger partial charge in [0.2, 0.25) is 0 Å². The Morgan fingerprint density at radius 3 is 2.58 bits per heavy atom. The number of alkyl halides is 3. The Hall–Kier alpha value is -0.590. The number of rotatable bonds is 7. The van der Waals surface area contributed by atoms with Crippen molar-refractivity contribution < 1.29 is 27.8 Å². The molecule has 0 aromatic rings. The van der Waals surface area contributed by atoms with Crippen LogP contribution in [-0.4, -0.2) is 36.4 Å². The molecule has 112 valence electrons. The van der Waals surface area contributed by atoms with E-state index in [2.05, 4.69) is 6.92 Å². The van der Waals surface area contributed by atoms with Crippen LogP contribution in [0.15, 0.2) is 12.2 Å². The molecule has 0 fully saturated rings. The second-order valence-corrected chi connectivity index (χ2v) is 4.67. The summed E-state index contributed by atoms with van der Waals surface area (Å²) in [6.45, 7) is 2.54. The Kier molecular flexibility index (Phi) is 6.82. The van der Waals surface area contributed by atoms with Gasteiger partial charge in [-0.2, -0.15) is 13.2 Å². The van der Waals surface area contributed by atoms with Gasteiger partial charge >= 0.3 is 6.18 Å². The Labute approximate surface area is 111 Å². The summed E-state index contributed by atoms with van der Waals surface area (Å²) in [6, 6.07) is 0. The third-order valence-corrected chi connectivity index (χ3v) is 2.87. The molecule has 0 spiro atoms. The molecule has 0 saturated heterocycles. The van der Waals surface area contributed by atoms with Crippen molar-refractivity contribution in [2.45, 2.75) is 63.7 Å². The second kappa shape index (κ2) is 7.87. The maximum absolute atomic E-state index is 12.3. The number of hydrogen-bond donors (Lipinski definition) is 1. The lowest BCUT2D eigenvalue weighted by Crippen LogP contribution is -2.39. The van der Waals surface area contributed by atoms with Gasteiger partial charge in [0.05, 0.1) is 25.2 Å². The summed E-state index contributed by atoms with van der Waals surface area (Å²) in [4.78, 5) is 0. The van der Waals surface area contributed by atoms with Crippen molar-refractivity contribution in [1.29, 1.82) is 0 Å². The summed E-state index contributed by atoms with van der Waals surface area (Å²) >= 11 is 0. The molecule has 1 aliphatic rings. The summed E-state index contributed by atoms with van der Waals surface area (Å²) in [7, 11) is 0. The molecule has 0 aliphatic carbocycles. The zero-order chi connectivity index (χ0) is 14.3. The molecule has 0 aromatic heterocycles. The average molecular weight is 282 g/mol. The van der Waals surface area contributed by atoms with Gasteiger partial charge in [-0.15, -0.1) is 0 Å². The van der Waals surface area contributed by atoms with E-state index in [1.165, 1.54) is 12.2 Å². The van der Waals surface area contributed by atoms with Crippen LogP contribution in [0.1, 0.15) is 39.0 Å². The number of unbranched alkanes of at least 4 members (excludes halogenated alkanes) is 3. The first-order chi connectivity index (χ1) is 8.92. The fourth-order valence-corrected chi connectivity index (χ4v) is 1.85. The van der Waals surface area contributed by atoms with Crippen molar-refractivity contribution in [3.05, 3.63) is 12.2 Å². The summed E-state index contributed by atoms with van der Waals surface area (Å²) in [5, 5.41) is 9.42. The summed E-state index contributed by atoms with van der Waals surface area (Å²) in [6.07, 6.45) is -1.98. The molecule has 1 rings (SSSR count). The number of halogens is 3. The lowest BCUT2D eigenvalue weighted by molar-refractivity contribution is -0.215. The zero-order valence-electron chi connectivity index (χ0n) is 11.0. The van der Waals surface area contributed by atoms with Gasteiger partial charge in [0.1, 0.15) is 0 Å². The molecule has 0 amide bonds. The molecule has 1 heterocycles. The molecular weight excluding hydrogens is 261 g/mol. The summed E-state index contributed by atoms with van der Waals surface area (Å²) in [5.41, 5.74) is 0. The van der Waals surface area contributed by atoms with E-state index >= 15 is 0 Å². The van der Waals surface area contributed by atoms with Gasteiger partial charge in [0.15, 0.2) is 6.29 Å². The minimum absolute atomic E-state index is 0.448. The van der Waals surface area contributed by atoms with Crippen LogP contribution in [0.25, 0.3) is 0 Å². The summed E-state index contributed by atoms with van der Waals surface area (Å²) in [5.74, 6) is 0. The molecular formula is C13H21F3O3. The molecule has 1 aliphatic heterocycles. The van der Waals surface area contributed by atoms with Crippen LogP contribution in [0.3, 0.4) is 0 Å². The van der Waals surface area contributed by atoms with Gasteiger partial charge in [-0.1, -0.05) is 32.3 Å². The number of aliphatic hydroxyl groups excluding tert-OH is 1. The molecule has 6 heteroatoms. The minimum atomic E-state index is -4.36. The Bertz CT molecular complexity index is 279. The molecule has 3 atom stereocenters. The normalized spacial score (nSPS) is 27.7. The summed E-state index contributed by atoms with van der Waals surface area (Å²) < 4.78 is 47.3. The second-order valence-electron chi connectivity index (χ2n) is 4.67. The highest BCUT2D eigenvalue weighted by Crippen LogP contribution is 2.27. The van der Waals surface area contributed by atoms with Crippen molar-refractivity contribution in [2.24, 2.45) is 0 Å². The molecule has 0 bridgehead atoms. The predicted molar refractivity (Wildman–Crippen MR) is 64.6 cm³/mol. The Balaban J connectivity index is 2.31. The van der Waals surface area contributed by atoms with Crippen LogP contribution < -0.4 is 0 Å². The smallest absolute Gasteiger partial charge is 0.386 e. The fourth-order valence-electron chi connectivity index (χ4n) is 1.85. The fraction of sp³-hybridized carbons (Fsp3) is 0.846. The quantitative estimate of drug-likeness (QED) is 0.576. The van der Waals surface area contributed by atoms with Crippen molar-refractivity contribution >= 4 is 0 Å². The first kappa shape index (κ1) is 16.5. The standard InChI is InChI=1S/C13H21F3O3/c1-2-3-4-5-8-18-12-7-6-10(17)11(19-12)9-13(14,15)16/h6-7,10-12,17H,2-5,8-9H2,1H3/t10-,11-,12+/m0/s1. The lowest BCUT2D eigenvalue weighted by atomic mass is 10.1. The van der Waals surface area contributed by atoms with Crippen LogP contribution in [0.4, 0.5) is 13.2 Å². The van der Waals surface area contributed by atoms with Crippen molar-refractivity contribution in [3.8, 4) is 0 Å². The van der Waals surface area contributed by atoms with E-state index in [4.69, 9.17) is 9.47 Å². The van der Waals surface area contributed by atoms with Crippen molar-refractivity contribution in [3.63, 3.8) is 0 Å². The predicted octanol–water partition coefficient (Wildman–Crippen LogP) is 3.18. The van der Waals surface area contributed by atoms with Crippen molar-refractivity contribution in [2.75, 3.05) is 6.61 Å². The molecule has 1 N–H and O–H groups in total. The van der Waals surface area contributed by atoms with E-state index in [1.807, 2.05) is 0 Å². The van der Waals surface area contributed by atoms with Crippen molar-refractivity contribution in [1.82, 2.24) is 0 Å². The van der Waals surface area contributed by atoms with Gasteiger partial charge in [-0.3, -0.25) is 0 Å². The Morgan fingerprint density at radius 1 is 1.21 bits per heavy atom. The molecule has 0 unspecified atom stereocenters. The molecule has 19 heavy (non-hydrogen) atoms. The maximum Gasteiger partial charge on any atom is 0.391 e. The highest BCUT2D eigenvalue weighted by atomic mass is 19.4. The average Bonchev–Trinajstić information content (AvgIpc) is 2.31. The SMILES string of the molecule is CCCCCCO[C@H]1C=C[C@H](O)[C@H](CC(F)(F)F)O1. The lowest BCUT2D eigenvalue weighted by Gasteiger charge is -2.30.